The summed E-state index contributed by atoms with van der Waals surface area (Å²) in [6, 6.07) is 68.8. The second-order valence-electron chi connectivity index (χ2n) is 19.2. The predicted octanol–water partition coefficient (Wildman–Crippen LogP) is 16.7. The van der Waals surface area contributed by atoms with Gasteiger partial charge in [0.1, 0.15) is 36.9 Å². The molecule has 0 aliphatic heterocycles. The van der Waals surface area contributed by atoms with Crippen molar-refractivity contribution in [2.45, 2.75) is 14.7 Å². The summed E-state index contributed by atoms with van der Waals surface area (Å²) in [7, 11) is -13.4. The Kier molecular flexibility index (Phi) is 19.2. The van der Waals surface area contributed by atoms with Crippen LogP contribution in [-0.4, -0.2) is 108 Å². The summed E-state index contributed by atoms with van der Waals surface area (Å²) in [4.78, 5) is 10.1. The minimum absolute atomic E-state index is 0. The van der Waals surface area contributed by atoms with Gasteiger partial charge in [-0.15, -0.1) is 11.3 Å². The summed E-state index contributed by atoms with van der Waals surface area (Å²) >= 11 is 7.40. The van der Waals surface area contributed by atoms with E-state index in [0.717, 1.165) is 59.8 Å². The average molecular weight is 1280 g/mol. The zero-order chi connectivity index (χ0) is 59.7. The third-order valence-corrected chi connectivity index (χ3v) is 17.8. The summed E-state index contributed by atoms with van der Waals surface area (Å²) < 4.78 is 123. The first-order valence-corrected chi connectivity index (χ1v) is 31.5. The number of para-hydroxylation sites is 6. The van der Waals surface area contributed by atoms with E-state index in [2.05, 4.69) is 9.97 Å². The number of thiophene rings is 1. The van der Waals surface area contributed by atoms with Crippen LogP contribution in [0.5, 0.6) is 0 Å². The van der Waals surface area contributed by atoms with Crippen LogP contribution in [0.1, 0.15) is 11.1 Å². The molecule has 0 aliphatic rings. The maximum Gasteiger partial charge on any atom is 0.299 e. The number of nitrogens with zero attached hydrogens (tertiary/aromatic N) is 2. The first kappa shape index (κ1) is 63.5. The summed E-state index contributed by atoms with van der Waals surface area (Å²) in [5.74, 6) is 1.33. The van der Waals surface area contributed by atoms with Crippen molar-refractivity contribution in [2.75, 3.05) is 0 Å². The average Bonchev–Trinajstić information content (AvgIpc) is 1.90. The topological polar surface area (TPSA) is 241 Å². The van der Waals surface area contributed by atoms with Crippen LogP contribution < -0.4 is 0 Å². The second kappa shape index (κ2) is 26.7. The van der Waals surface area contributed by atoms with E-state index in [4.69, 9.17) is 29.3 Å². The van der Waals surface area contributed by atoms with Gasteiger partial charge < -0.3 is 17.7 Å². The zero-order valence-electron chi connectivity index (χ0n) is 46.4. The predicted molar refractivity (Wildman–Crippen MR) is 346 cm³/mol. The fraction of sp³-hybridized carbons (Fsp3) is 0. The number of fused-ring (bicyclic) bond motifs is 4. The molecule has 9 aromatic carbocycles. The van der Waals surface area contributed by atoms with Crippen LogP contribution in [0.25, 0.3) is 123 Å². The van der Waals surface area contributed by atoms with Crippen molar-refractivity contribution in [3.8, 4) is 66.4 Å². The van der Waals surface area contributed by atoms with Crippen LogP contribution in [0.4, 0.5) is 0 Å². The molecule has 0 unspecified atom stereocenters. The number of rotatable bonds is 11. The van der Waals surface area contributed by atoms with Crippen molar-refractivity contribution in [1.82, 2.24) is 9.97 Å². The molecule has 5 heterocycles. The van der Waals surface area contributed by atoms with E-state index >= 15 is 0 Å². The van der Waals surface area contributed by atoms with Gasteiger partial charge in [0.15, 0.2) is 22.7 Å². The minimum atomic E-state index is -4.55. The second-order valence-corrected chi connectivity index (χ2v) is 24.8. The fourth-order valence-corrected chi connectivity index (χ4v) is 13.2. The molecule has 5 aromatic heterocycles. The van der Waals surface area contributed by atoms with Gasteiger partial charge in [-0.25, -0.2) is 9.97 Å². The van der Waals surface area contributed by atoms with Crippen molar-refractivity contribution in [3.05, 3.63) is 247 Å². The summed E-state index contributed by atoms with van der Waals surface area (Å²) in [5.41, 5.74) is 10.3. The van der Waals surface area contributed by atoms with Crippen molar-refractivity contribution in [1.29, 1.82) is 0 Å². The maximum atomic E-state index is 12.1. The molecule has 0 bridgehead atoms. The Morgan fingerprint density at radius 2 is 0.818 bits per heavy atom. The first-order valence-electron chi connectivity index (χ1n) is 26.0. The molecule has 22 heteroatoms. The number of oxazole rings is 2. The summed E-state index contributed by atoms with van der Waals surface area (Å²) in [6.07, 6.45) is 3.69. The first-order chi connectivity index (χ1) is 41.4. The molecular formula is C66H43ClN2Na2O13S4. The van der Waals surface area contributed by atoms with Gasteiger partial charge in [0.2, 0.25) is 11.8 Å². The molecule has 15 nitrogen and oxygen atoms in total. The van der Waals surface area contributed by atoms with Crippen molar-refractivity contribution in [2.24, 2.45) is 0 Å². The van der Waals surface area contributed by atoms with Gasteiger partial charge in [-0.05, 0) is 106 Å². The van der Waals surface area contributed by atoms with Gasteiger partial charge in [0, 0.05) is 81.0 Å². The van der Waals surface area contributed by atoms with Crippen LogP contribution in [-0.2, 0) is 30.4 Å². The number of benzene rings is 9. The molecule has 0 fully saturated rings. The molecule has 3 N–H and O–H groups in total. The molecule has 0 atom stereocenters. The van der Waals surface area contributed by atoms with Crippen LogP contribution in [0.3, 0.4) is 0 Å². The molecule has 0 amide bonds. The van der Waals surface area contributed by atoms with Crippen LogP contribution in [0.2, 0.25) is 5.02 Å². The van der Waals surface area contributed by atoms with Gasteiger partial charge >= 0.3 is 0 Å². The molecule has 14 rings (SSSR count). The molecule has 0 spiro atoms. The minimum Gasteiger partial charge on any atom is -0.455 e. The van der Waals surface area contributed by atoms with Crippen molar-refractivity contribution < 1.29 is 56.6 Å². The van der Waals surface area contributed by atoms with E-state index in [0.29, 0.717) is 50.4 Å². The Bertz CT molecular complexity index is 4930. The monoisotopic (exact) mass is 1280 g/mol. The van der Waals surface area contributed by atoms with Crippen LogP contribution >= 0.6 is 22.9 Å². The summed E-state index contributed by atoms with van der Waals surface area (Å²) in [5, 5.41) is 0.573. The third kappa shape index (κ3) is 13.8. The Balaban J connectivity index is 0.000000150. The molecule has 2 radical (unpaired) electrons. The number of furan rings is 2. The molecule has 88 heavy (non-hydrogen) atoms. The molecule has 0 saturated heterocycles. The van der Waals surface area contributed by atoms with Crippen LogP contribution in [0.15, 0.2) is 263 Å². The van der Waals surface area contributed by atoms with Gasteiger partial charge in [0.25, 0.3) is 30.4 Å². The van der Waals surface area contributed by atoms with E-state index < -0.39 is 30.4 Å². The molecular weight excluding hydrogens is 1240 g/mol. The van der Waals surface area contributed by atoms with Crippen molar-refractivity contribution in [3.63, 3.8) is 0 Å². The SMILES string of the molecule is O=S(=O)(O)c1c(-c2ccc(-c3ccc(-c4oc5ccccc5c4S(=O)(=O)O)cc3)cc2)oc2ccccc12.O=S(=O)(O)c1cc(C=Cc2ccccc2-c2ccccc2)ccc1Cl.[Na].[Na].c1ccc2oc(-c3ccc(-c4nc5ccccc5o4)s3)nc2c1. The number of hydrogen-bond donors (Lipinski definition) is 3. The van der Waals surface area contributed by atoms with Gasteiger partial charge in [-0.3, -0.25) is 13.7 Å². The fourth-order valence-electron chi connectivity index (χ4n) is 9.62. The third-order valence-electron chi connectivity index (χ3n) is 13.6. The van der Waals surface area contributed by atoms with E-state index in [9.17, 15) is 38.9 Å². The standard InChI is InChI=1S/C28H18O8S2.C20H15ClO3S.C18H10N2O2S.2Na/c29-37(30,31)27-21-5-1-3-7-23(21)35-25(27)19-13-9-17(10-14-19)18-11-15-20(16-12-18)26-28(38(32,33)34)22-6-2-4-8-24(22)36-26;21-19-13-11-15(14-20(19)25(22,23)24)10-12-17-8-4-5-9-18(17)16-6-2-1-3-7-16;1-3-7-13-11(5-1)19-17(21-13)15-9-10-16(23-15)18-20-12-6-2-4-8-14(12)22-18;;/h1-16H,(H,29,30,31)(H,32,33,34);1-14H,(H,22,23,24);1-10H;;. The number of halogens is 1. The quantitative estimate of drug-likeness (QED) is 0.0620. The number of hydrogen-bond acceptors (Lipinski definition) is 13. The Morgan fingerprint density at radius 3 is 1.28 bits per heavy atom. The maximum absolute atomic E-state index is 12.1. The Hall–Kier alpha value is -7.54. The molecule has 0 aliphatic carbocycles. The van der Waals surface area contributed by atoms with Gasteiger partial charge in [-0.1, -0.05) is 181 Å². The van der Waals surface area contributed by atoms with E-state index in [1.54, 1.807) is 121 Å². The molecule has 428 valence electrons. The van der Waals surface area contributed by atoms with Gasteiger partial charge in [0.05, 0.1) is 14.8 Å². The van der Waals surface area contributed by atoms with Gasteiger partial charge in [-0.2, -0.15) is 25.3 Å². The molecule has 14 aromatic rings. The normalized spacial score (nSPS) is 11.7. The largest absolute Gasteiger partial charge is 0.455 e. The Labute approximate surface area is 557 Å². The smallest absolute Gasteiger partial charge is 0.299 e. The van der Waals surface area contributed by atoms with Crippen LogP contribution in [0, 0.1) is 0 Å². The molecule has 0 saturated carbocycles. The van der Waals surface area contributed by atoms with E-state index in [1.165, 1.54) is 12.1 Å². The Morgan fingerprint density at radius 1 is 0.398 bits per heavy atom. The summed E-state index contributed by atoms with van der Waals surface area (Å²) in [6.45, 7) is 0. The van der Waals surface area contributed by atoms with Crippen molar-refractivity contribution >= 4 is 169 Å². The van der Waals surface area contributed by atoms with E-state index in [1.807, 2.05) is 121 Å². The van der Waals surface area contributed by atoms with E-state index in [-0.39, 0.29) is 90.3 Å². The zero-order valence-corrected chi connectivity index (χ0v) is 54.4. The number of aromatic nitrogens is 2.